The standard InChI is InChI=1S/C18H25N3/c1-11-7-12(2)14(4)21(10-11)18-8-13(3)20-17-6-5-15(19)9-16(17)18/h5-6,8-9,11-12,14H,7,10,19H2,1-4H3. The summed E-state index contributed by atoms with van der Waals surface area (Å²) in [6.45, 7) is 10.2. The number of nitrogen functional groups attached to an aromatic ring is 1. The number of nitrogens with two attached hydrogens (primary N) is 1. The van der Waals surface area contributed by atoms with Crippen LogP contribution in [-0.2, 0) is 0 Å². The Balaban J connectivity index is 2.16. The molecule has 3 atom stereocenters. The summed E-state index contributed by atoms with van der Waals surface area (Å²) in [5.74, 6) is 1.43. The first-order valence-corrected chi connectivity index (χ1v) is 7.89. The van der Waals surface area contributed by atoms with E-state index in [-0.39, 0.29) is 0 Å². The second-order valence-corrected chi connectivity index (χ2v) is 6.77. The number of hydrogen-bond donors (Lipinski definition) is 1. The van der Waals surface area contributed by atoms with E-state index < -0.39 is 0 Å². The van der Waals surface area contributed by atoms with Gasteiger partial charge in [0.05, 0.1) is 5.52 Å². The van der Waals surface area contributed by atoms with Crippen molar-refractivity contribution in [3.05, 3.63) is 30.0 Å². The molecular weight excluding hydrogens is 258 g/mol. The van der Waals surface area contributed by atoms with E-state index in [9.17, 15) is 0 Å². The zero-order valence-corrected chi connectivity index (χ0v) is 13.4. The zero-order chi connectivity index (χ0) is 15.1. The molecule has 0 saturated carbocycles. The van der Waals surface area contributed by atoms with Crippen molar-refractivity contribution in [1.82, 2.24) is 4.98 Å². The van der Waals surface area contributed by atoms with Crippen LogP contribution in [-0.4, -0.2) is 17.6 Å². The van der Waals surface area contributed by atoms with Gasteiger partial charge in [0.2, 0.25) is 0 Å². The Morgan fingerprint density at radius 2 is 1.95 bits per heavy atom. The van der Waals surface area contributed by atoms with Crippen LogP contribution < -0.4 is 10.6 Å². The van der Waals surface area contributed by atoms with E-state index >= 15 is 0 Å². The number of benzene rings is 1. The Labute approximate surface area is 127 Å². The van der Waals surface area contributed by atoms with Gasteiger partial charge < -0.3 is 10.6 Å². The fraction of sp³-hybridized carbons (Fsp3) is 0.500. The molecule has 1 aromatic carbocycles. The molecule has 2 aromatic rings. The summed E-state index contributed by atoms with van der Waals surface area (Å²) < 4.78 is 0. The first-order chi connectivity index (χ1) is 9.95. The van der Waals surface area contributed by atoms with Crippen molar-refractivity contribution in [2.45, 2.75) is 40.2 Å². The number of pyridine rings is 1. The molecule has 2 N–H and O–H groups in total. The fourth-order valence-corrected chi connectivity index (χ4v) is 3.62. The molecule has 0 amide bonds. The summed E-state index contributed by atoms with van der Waals surface area (Å²) in [6, 6.07) is 8.79. The topological polar surface area (TPSA) is 42.1 Å². The van der Waals surface area contributed by atoms with Crippen LogP contribution in [0, 0.1) is 18.8 Å². The first kappa shape index (κ1) is 14.2. The van der Waals surface area contributed by atoms with E-state index in [1.54, 1.807) is 0 Å². The van der Waals surface area contributed by atoms with Crippen LogP contribution >= 0.6 is 0 Å². The molecule has 1 saturated heterocycles. The molecule has 1 aliphatic rings. The highest BCUT2D eigenvalue weighted by Crippen LogP contribution is 2.36. The van der Waals surface area contributed by atoms with Gasteiger partial charge in [-0.3, -0.25) is 4.98 Å². The number of rotatable bonds is 1. The third-order valence-corrected chi connectivity index (χ3v) is 4.85. The van der Waals surface area contributed by atoms with Gasteiger partial charge in [0.15, 0.2) is 0 Å². The highest BCUT2D eigenvalue weighted by Gasteiger charge is 2.30. The molecule has 1 aromatic heterocycles. The van der Waals surface area contributed by atoms with E-state index in [2.05, 4.69) is 49.7 Å². The van der Waals surface area contributed by atoms with Crippen molar-refractivity contribution < 1.29 is 0 Å². The predicted octanol–water partition coefficient (Wildman–Crippen LogP) is 4.00. The lowest BCUT2D eigenvalue weighted by Crippen LogP contribution is -2.46. The number of anilines is 2. The molecule has 3 nitrogen and oxygen atoms in total. The predicted molar refractivity (Wildman–Crippen MR) is 90.6 cm³/mol. The molecule has 0 bridgehead atoms. The number of aryl methyl sites for hydroxylation is 1. The van der Waals surface area contributed by atoms with Gasteiger partial charge in [-0.05, 0) is 56.4 Å². The average molecular weight is 283 g/mol. The summed E-state index contributed by atoms with van der Waals surface area (Å²) in [5, 5.41) is 1.17. The summed E-state index contributed by atoms with van der Waals surface area (Å²) in [7, 11) is 0. The lowest BCUT2D eigenvalue weighted by Gasteiger charge is -2.43. The van der Waals surface area contributed by atoms with E-state index in [1.165, 1.54) is 17.5 Å². The van der Waals surface area contributed by atoms with Crippen LogP contribution in [0.25, 0.3) is 10.9 Å². The van der Waals surface area contributed by atoms with Crippen LogP contribution in [0.4, 0.5) is 11.4 Å². The Morgan fingerprint density at radius 1 is 1.19 bits per heavy atom. The van der Waals surface area contributed by atoms with Crippen molar-refractivity contribution in [2.75, 3.05) is 17.2 Å². The molecule has 3 unspecified atom stereocenters. The molecule has 3 heteroatoms. The molecule has 1 fully saturated rings. The maximum absolute atomic E-state index is 6.00. The van der Waals surface area contributed by atoms with Crippen molar-refractivity contribution in [2.24, 2.45) is 11.8 Å². The largest absolute Gasteiger partial charge is 0.399 e. The highest BCUT2D eigenvalue weighted by molar-refractivity contribution is 5.94. The Bertz CT molecular complexity index is 665. The van der Waals surface area contributed by atoms with Crippen LogP contribution in [0.3, 0.4) is 0 Å². The van der Waals surface area contributed by atoms with Gasteiger partial charge in [-0.2, -0.15) is 0 Å². The highest BCUT2D eigenvalue weighted by atomic mass is 15.2. The molecule has 0 spiro atoms. The fourth-order valence-electron chi connectivity index (χ4n) is 3.62. The van der Waals surface area contributed by atoms with E-state index in [1.807, 2.05) is 12.1 Å². The maximum Gasteiger partial charge on any atom is 0.0727 e. The number of piperidine rings is 1. The van der Waals surface area contributed by atoms with Gasteiger partial charge in [-0.15, -0.1) is 0 Å². The number of fused-ring (bicyclic) bond motifs is 1. The molecular formula is C18H25N3. The minimum atomic E-state index is 0.549. The summed E-state index contributed by atoms with van der Waals surface area (Å²) in [4.78, 5) is 7.20. The van der Waals surface area contributed by atoms with Gasteiger partial charge >= 0.3 is 0 Å². The van der Waals surface area contributed by atoms with Crippen LogP contribution in [0.15, 0.2) is 24.3 Å². The van der Waals surface area contributed by atoms with Crippen LogP contribution in [0.2, 0.25) is 0 Å². The molecule has 3 rings (SSSR count). The monoisotopic (exact) mass is 283 g/mol. The van der Waals surface area contributed by atoms with Gasteiger partial charge in [0, 0.05) is 35.0 Å². The Kier molecular flexibility index (Phi) is 3.52. The third kappa shape index (κ3) is 2.57. The van der Waals surface area contributed by atoms with Crippen molar-refractivity contribution in [1.29, 1.82) is 0 Å². The van der Waals surface area contributed by atoms with E-state index in [4.69, 9.17) is 5.73 Å². The zero-order valence-electron chi connectivity index (χ0n) is 13.4. The van der Waals surface area contributed by atoms with Gasteiger partial charge in [0.1, 0.15) is 0 Å². The molecule has 0 radical (unpaired) electrons. The van der Waals surface area contributed by atoms with Crippen molar-refractivity contribution in [3.8, 4) is 0 Å². The smallest absolute Gasteiger partial charge is 0.0727 e. The Morgan fingerprint density at radius 3 is 2.71 bits per heavy atom. The van der Waals surface area contributed by atoms with Gasteiger partial charge in [-0.25, -0.2) is 0 Å². The lowest BCUT2D eigenvalue weighted by atomic mass is 9.85. The maximum atomic E-state index is 6.00. The SMILES string of the molecule is Cc1cc(N2CC(C)CC(C)C2C)c2cc(N)ccc2n1. The number of aromatic nitrogens is 1. The van der Waals surface area contributed by atoms with Crippen molar-refractivity contribution >= 4 is 22.3 Å². The van der Waals surface area contributed by atoms with Gasteiger partial charge in [-0.1, -0.05) is 13.8 Å². The lowest BCUT2D eigenvalue weighted by molar-refractivity contribution is 0.297. The summed E-state index contributed by atoms with van der Waals surface area (Å²) >= 11 is 0. The van der Waals surface area contributed by atoms with Crippen molar-refractivity contribution in [3.63, 3.8) is 0 Å². The summed E-state index contributed by atoms with van der Waals surface area (Å²) in [5.41, 5.74) is 10.2. The number of hydrogen-bond acceptors (Lipinski definition) is 3. The van der Waals surface area contributed by atoms with E-state index in [0.29, 0.717) is 12.0 Å². The Hall–Kier alpha value is -1.77. The first-order valence-electron chi connectivity index (χ1n) is 7.89. The molecule has 112 valence electrons. The van der Waals surface area contributed by atoms with E-state index in [0.717, 1.165) is 29.4 Å². The van der Waals surface area contributed by atoms with Crippen LogP contribution in [0.5, 0.6) is 0 Å². The average Bonchev–Trinajstić information content (AvgIpc) is 2.42. The molecule has 2 heterocycles. The van der Waals surface area contributed by atoms with Crippen LogP contribution in [0.1, 0.15) is 32.9 Å². The minimum Gasteiger partial charge on any atom is -0.399 e. The molecule has 0 aliphatic carbocycles. The molecule has 21 heavy (non-hydrogen) atoms. The normalized spacial score (nSPS) is 26.3. The summed E-state index contributed by atoms with van der Waals surface area (Å²) in [6.07, 6.45) is 1.31. The third-order valence-electron chi connectivity index (χ3n) is 4.85. The second-order valence-electron chi connectivity index (χ2n) is 6.77. The second kappa shape index (κ2) is 5.21. The molecule has 1 aliphatic heterocycles. The number of nitrogens with zero attached hydrogens (tertiary/aromatic N) is 2. The quantitative estimate of drug-likeness (QED) is 0.804. The van der Waals surface area contributed by atoms with Gasteiger partial charge in [0.25, 0.3) is 0 Å². The minimum absolute atomic E-state index is 0.549.